The first-order valence-corrected chi connectivity index (χ1v) is 11.4. The normalized spacial score (nSPS) is 15.1. The van der Waals surface area contributed by atoms with E-state index in [0.29, 0.717) is 24.2 Å². The number of Topliss-reactive ketones (excluding diaryl/α,β-unsaturated/α-hetero) is 1. The third-order valence-corrected chi connectivity index (χ3v) is 7.32. The van der Waals surface area contributed by atoms with Crippen molar-refractivity contribution < 1.29 is 18.0 Å². The molecule has 0 bridgehead atoms. The first-order valence-electron chi connectivity index (χ1n) is 10.00. The van der Waals surface area contributed by atoms with Crippen molar-refractivity contribution in [3.05, 3.63) is 84.2 Å². The molecule has 0 unspecified atom stereocenters. The molecule has 2 heterocycles. The van der Waals surface area contributed by atoms with Gasteiger partial charge in [-0.1, -0.05) is 12.1 Å². The summed E-state index contributed by atoms with van der Waals surface area (Å²) in [5.41, 5.74) is 1.89. The number of carbonyl (C=O) groups excluding carboxylic acids is 2. The molecule has 0 aliphatic carbocycles. The molecule has 0 N–H and O–H groups in total. The summed E-state index contributed by atoms with van der Waals surface area (Å²) in [6.45, 7) is 2.44. The van der Waals surface area contributed by atoms with Crippen LogP contribution in [0.1, 0.15) is 27.6 Å². The Hall–Kier alpha value is -3.23. The second-order valence-electron chi connectivity index (χ2n) is 7.42. The van der Waals surface area contributed by atoms with Crippen molar-refractivity contribution in [1.82, 2.24) is 13.8 Å². The molecule has 1 amide bonds. The van der Waals surface area contributed by atoms with E-state index in [2.05, 4.69) is 0 Å². The van der Waals surface area contributed by atoms with Gasteiger partial charge < -0.3 is 9.47 Å². The van der Waals surface area contributed by atoms with Gasteiger partial charge in [-0.25, -0.2) is 8.42 Å². The molecule has 7 nitrogen and oxygen atoms in total. The lowest BCUT2D eigenvalue weighted by Gasteiger charge is -2.34. The van der Waals surface area contributed by atoms with Crippen molar-refractivity contribution in [3.63, 3.8) is 0 Å². The molecule has 0 radical (unpaired) electrons. The molecule has 4 rings (SSSR count). The van der Waals surface area contributed by atoms with Crippen LogP contribution in [-0.2, 0) is 10.0 Å². The second kappa shape index (κ2) is 8.49. The summed E-state index contributed by atoms with van der Waals surface area (Å²) < 4.78 is 29.3. The monoisotopic (exact) mass is 437 g/mol. The Kier molecular flexibility index (Phi) is 5.75. The number of nitrogens with zero attached hydrogens (tertiary/aromatic N) is 3. The van der Waals surface area contributed by atoms with E-state index >= 15 is 0 Å². The number of aromatic nitrogens is 1. The average molecular weight is 438 g/mol. The fourth-order valence-corrected chi connectivity index (χ4v) is 5.09. The molecule has 0 saturated carbocycles. The van der Waals surface area contributed by atoms with E-state index in [-0.39, 0.29) is 29.7 Å². The van der Waals surface area contributed by atoms with Gasteiger partial charge in [0, 0.05) is 55.4 Å². The minimum atomic E-state index is -3.72. The van der Waals surface area contributed by atoms with Gasteiger partial charge in [0.05, 0.1) is 4.90 Å². The molecular weight excluding hydrogens is 414 g/mol. The highest BCUT2D eigenvalue weighted by Gasteiger charge is 2.30. The van der Waals surface area contributed by atoms with Crippen molar-refractivity contribution in [2.24, 2.45) is 0 Å². The van der Waals surface area contributed by atoms with Gasteiger partial charge in [-0.2, -0.15) is 4.31 Å². The Balaban J connectivity index is 1.43. The van der Waals surface area contributed by atoms with Gasteiger partial charge >= 0.3 is 0 Å². The maximum Gasteiger partial charge on any atom is 0.253 e. The molecule has 1 aliphatic rings. The van der Waals surface area contributed by atoms with Crippen LogP contribution in [0.3, 0.4) is 0 Å². The SMILES string of the molecule is CC(=O)c1cccc(S(=O)(=O)N2CCN(C(=O)c3ccc(-n4cccc4)cc3)CC2)c1. The highest BCUT2D eigenvalue weighted by Crippen LogP contribution is 2.20. The fourth-order valence-electron chi connectivity index (χ4n) is 3.62. The standard InChI is InChI=1S/C23H23N3O4S/c1-18(27)20-5-4-6-22(17-20)31(29,30)26-15-13-25(14-16-26)23(28)19-7-9-21(10-8-19)24-11-2-3-12-24/h2-12,17H,13-16H2,1H3. The molecule has 3 aromatic rings. The van der Waals surface area contributed by atoms with E-state index in [1.165, 1.54) is 23.4 Å². The highest BCUT2D eigenvalue weighted by atomic mass is 32.2. The Morgan fingerprint density at radius 3 is 2.06 bits per heavy atom. The minimum Gasteiger partial charge on any atom is -0.336 e. The van der Waals surface area contributed by atoms with Crippen LogP contribution in [0.4, 0.5) is 0 Å². The fraction of sp³-hybridized carbons (Fsp3) is 0.217. The van der Waals surface area contributed by atoms with Crippen molar-refractivity contribution >= 4 is 21.7 Å². The van der Waals surface area contributed by atoms with Gasteiger partial charge in [-0.05, 0) is 55.5 Å². The Labute approximate surface area is 181 Å². The lowest BCUT2D eigenvalue weighted by atomic mass is 10.1. The molecular formula is C23H23N3O4S. The summed E-state index contributed by atoms with van der Waals surface area (Å²) in [5, 5.41) is 0. The zero-order valence-corrected chi connectivity index (χ0v) is 18.0. The van der Waals surface area contributed by atoms with Crippen LogP contribution in [0.15, 0.2) is 78.0 Å². The van der Waals surface area contributed by atoms with Crippen LogP contribution in [0.25, 0.3) is 5.69 Å². The van der Waals surface area contributed by atoms with E-state index in [4.69, 9.17) is 0 Å². The number of sulfonamides is 1. The molecule has 0 spiro atoms. The Bertz CT molecular complexity index is 1190. The van der Waals surface area contributed by atoms with Gasteiger partial charge in [0.25, 0.3) is 5.91 Å². The van der Waals surface area contributed by atoms with Crippen LogP contribution >= 0.6 is 0 Å². The number of benzene rings is 2. The van der Waals surface area contributed by atoms with Gasteiger partial charge in [0.2, 0.25) is 10.0 Å². The van der Waals surface area contributed by atoms with Crippen molar-refractivity contribution in [2.45, 2.75) is 11.8 Å². The van der Waals surface area contributed by atoms with E-state index in [0.717, 1.165) is 5.69 Å². The quantitative estimate of drug-likeness (QED) is 0.575. The Morgan fingerprint density at radius 1 is 0.806 bits per heavy atom. The molecule has 1 fully saturated rings. The highest BCUT2D eigenvalue weighted by molar-refractivity contribution is 7.89. The largest absolute Gasteiger partial charge is 0.336 e. The third-order valence-electron chi connectivity index (χ3n) is 5.42. The van der Waals surface area contributed by atoms with Gasteiger partial charge in [-0.3, -0.25) is 9.59 Å². The average Bonchev–Trinajstić information content (AvgIpc) is 3.34. The summed E-state index contributed by atoms with van der Waals surface area (Å²) >= 11 is 0. The van der Waals surface area contributed by atoms with E-state index in [9.17, 15) is 18.0 Å². The predicted molar refractivity (Wildman–Crippen MR) is 117 cm³/mol. The van der Waals surface area contributed by atoms with Crippen LogP contribution in [0.2, 0.25) is 0 Å². The number of hydrogen-bond donors (Lipinski definition) is 0. The van der Waals surface area contributed by atoms with E-state index in [1.54, 1.807) is 29.2 Å². The zero-order chi connectivity index (χ0) is 22.0. The minimum absolute atomic E-state index is 0.0978. The topological polar surface area (TPSA) is 79.7 Å². The van der Waals surface area contributed by atoms with E-state index < -0.39 is 10.0 Å². The number of hydrogen-bond acceptors (Lipinski definition) is 4. The molecule has 1 saturated heterocycles. The lowest BCUT2D eigenvalue weighted by molar-refractivity contribution is 0.0697. The van der Waals surface area contributed by atoms with Crippen molar-refractivity contribution in [2.75, 3.05) is 26.2 Å². The maximum absolute atomic E-state index is 13.0. The summed E-state index contributed by atoms with van der Waals surface area (Å²) in [4.78, 5) is 26.2. The number of rotatable bonds is 5. The van der Waals surface area contributed by atoms with E-state index in [1.807, 2.05) is 41.2 Å². The van der Waals surface area contributed by atoms with Crippen LogP contribution in [0.5, 0.6) is 0 Å². The first-order chi connectivity index (χ1) is 14.9. The lowest BCUT2D eigenvalue weighted by Crippen LogP contribution is -2.50. The zero-order valence-electron chi connectivity index (χ0n) is 17.1. The first kappa shape index (κ1) is 21.0. The second-order valence-corrected chi connectivity index (χ2v) is 9.36. The van der Waals surface area contributed by atoms with Crippen LogP contribution in [-0.4, -0.2) is 60.1 Å². The number of piperazine rings is 1. The molecule has 2 aromatic carbocycles. The summed E-state index contributed by atoms with van der Waals surface area (Å²) in [6.07, 6.45) is 3.87. The third kappa shape index (κ3) is 4.30. The number of ketones is 1. The Morgan fingerprint density at radius 2 is 1.45 bits per heavy atom. The summed E-state index contributed by atoms with van der Waals surface area (Å²) in [6, 6.07) is 17.3. The van der Waals surface area contributed by atoms with Crippen molar-refractivity contribution in [1.29, 1.82) is 0 Å². The predicted octanol–water partition coefficient (Wildman–Crippen LogP) is 2.83. The molecule has 160 valence electrons. The number of amides is 1. The molecule has 31 heavy (non-hydrogen) atoms. The summed E-state index contributed by atoms with van der Waals surface area (Å²) in [7, 11) is -3.72. The molecule has 1 aliphatic heterocycles. The van der Waals surface area contributed by atoms with Gasteiger partial charge in [0.1, 0.15) is 0 Å². The molecule has 0 atom stereocenters. The van der Waals surface area contributed by atoms with Gasteiger partial charge in [0.15, 0.2) is 5.78 Å². The number of carbonyl (C=O) groups is 2. The van der Waals surface area contributed by atoms with Gasteiger partial charge in [-0.15, -0.1) is 0 Å². The van der Waals surface area contributed by atoms with Crippen LogP contribution < -0.4 is 0 Å². The smallest absolute Gasteiger partial charge is 0.253 e. The van der Waals surface area contributed by atoms with Crippen LogP contribution in [0, 0.1) is 0 Å². The molecule has 1 aromatic heterocycles. The summed E-state index contributed by atoms with van der Waals surface area (Å²) in [5.74, 6) is -0.301. The molecule has 8 heteroatoms. The maximum atomic E-state index is 13.0. The van der Waals surface area contributed by atoms with Crippen molar-refractivity contribution in [3.8, 4) is 5.69 Å².